The Morgan fingerprint density at radius 2 is 1.76 bits per heavy atom. The molecule has 0 aliphatic carbocycles. The van der Waals surface area contributed by atoms with E-state index in [0.29, 0.717) is 0 Å². The molecular formula is C14H16FNO5. The van der Waals surface area contributed by atoms with Gasteiger partial charge in [-0.05, 0) is 24.1 Å². The van der Waals surface area contributed by atoms with E-state index >= 15 is 0 Å². The van der Waals surface area contributed by atoms with E-state index in [1.54, 1.807) is 13.8 Å². The first kappa shape index (κ1) is 16.6. The van der Waals surface area contributed by atoms with E-state index < -0.39 is 29.7 Å². The number of esters is 1. The van der Waals surface area contributed by atoms with Gasteiger partial charge in [0.25, 0.3) is 5.91 Å². The number of carboxylic acids is 1. The van der Waals surface area contributed by atoms with Crippen molar-refractivity contribution in [3.8, 4) is 0 Å². The van der Waals surface area contributed by atoms with Gasteiger partial charge in [-0.1, -0.05) is 13.8 Å². The molecule has 0 saturated heterocycles. The predicted molar refractivity (Wildman–Crippen MR) is 71.5 cm³/mol. The number of halogens is 1. The van der Waals surface area contributed by atoms with Gasteiger partial charge in [0.05, 0.1) is 12.7 Å². The lowest BCUT2D eigenvalue weighted by Crippen LogP contribution is -2.44. The Balaban J connectivity index is 3.04. The van der Waals surface area contributed by atoms with Gasteiger partial charge in [0.2, 0.25) is 0 Å². The summed E-state index contributed by atoms with van der Waals surface area (Å²) in [6.07, 6.45) is 0. The Labute approximate surface area is 120 Å². The van der Waals surface area contributed by atoms with Crippen LogP contribution in [0.25, 0.3) is 0 Å². The van der Waals surface area contributed by atoms with Crippen LogP contribution in [0.1, 0.15) is 34.6 Å². The number of hydrogen-bond donors (Lipinski definition) is 2. The van der Waals surface area contributed by atoms with E-state index in [-0.39, 0.29) is 17.0 Å². The summed E-state index contributed by atoms with van der Waals surface area (Å²) in [5, 5.41) is 11.3. The standard InChI is InChI=1S/C14H16FNO5/c1-7(2)11(13(18)19)16-12(17)8-4-9(14(20)21-3)6-10(15)5-8/h4-7,11H,1-3H3,(H,16,17)(H,18,19)/t11-/m1/s1. The topological polar surface area (TPSA) is 92.7 Å². The average Bonchev–Trinajstić information content (AvgIpc) is 2.42. The SMILES string of the molecule is COC(=O)c1cc(F)cc(C(=O)N[C@@H](C(=O)O)C(C)C)c1. The molecule has 0 aliphatic heterocycles. The summed E-state index contributed by atoms with van der Waals surface area (Å²) in [5.74, 6) is -3.90. The molecule has 0 aliphatic rings. The van der Waals surface area contributed by atoms with E-state index in [2.05, 4.69) is 10.1 Å². The molecular weight excluding hydrogens is 281 g/mol. The third-order valence-corrected chi connectivity index (χ3v) is 2.80. The van der Waals surface area contributed by atoms with Crippen LogP contribution in [0.2, 0.25) is 0 Å². The molecule has 0 heterocycles. The molecule has 1 atom stereocenters. The first-order valence-electron chi connectivity index (χ1n) is 6.18. The van der Waals surface area contributed by atoms with Gasteiger partial charge in [-0.3, -0.25) is 4.79 Å². The van der Waals surface area contributed by atoms with Crippen LogP contribution in [0.3, 0.4) is 0 Å². The van der Waals surface area contributed by atoms with Crippen LogP contribution in [0.5, 0.6) is 0 Å². The van der Waals surface area contributed by atoms with Crippen molar-refractivity contribution in [3.05, 3.63) is 35.1 Å². The van der Waals surface area contributed by atoms with Crippen molar-refractivity contribution in [1.82, 2.24) is 5.32 Å². The highest BCUT2D eigenvalue weighted by atomic mass is 19.1. The van der Waals surface area contributed by atoms with Gasteiger partial charge in [-0.2, -0.15) is 0 Å². The second-order valence-electron chi connectivity index (χ2n) is 4.75. The molecule has 0 aromatic heterocycles. The molecule has 0 fully saturated rings. The monoisotopic (exact) mass is 297 g/mol. The van der Waals surface area contributed by atoms with Crippen molar-refractivity contribution in [2.75, 3.05) is 7.11 Å². The highest BCUT2D eigenvalue weighted by molar-refractivity contribution is 5.99. The van der Waals surface area contributed by atoms with Gasteiger partial charge in [-0.25, -0.2) is 14.0 Å². The lowest BCUT2D eigenvalue weighted by molar-refractivity contribution is -0.140. The van der Waals surface area contributed by atoms with E-state index in [0.717, 1.165) is 25.3 Å². The third-order valence-electron chi connectivity index (χ3n) is 2.80. The normalized spacial score (nSPS) is 11.9. The Bertz CT molecular complexity index is 570. The van der Waals surface area contributed by atoms with E-state index in [1.165, 1.54) is 0 Å². The van der Waals surface area contributed by atoms with Gasteiger partial charge in [-0.15, -0.1) is 0 Å². The lowest BCUT2D eigenvalue weighted by Gasteiger charge is -2.18. The number of hydrogen-bond acceptors (Lipinski definition) is 4. The zero-order valence-corrected chi connectivity index (χ0v) is 11.8. The fourth-order valence-electron chi connectivity index (χ4n) is 1.69. The molecule has 1 aromatic carbocycles. The molecule has 114 valence electrons. The summed E-state index contributed by atoms with van der Waals surface area (Å²) in [6, 6.07) is 1.88. The van der Waals surface area contributed by atoms with E-state index in [4.69, 9.17) is 5.11 Å². The first-order valence-corrected chi connectivity index (χ1v) is 6.18. The highest BCUT2D eigenvalue weighted by Gasteiger charge is 2.24. The van der Waals surface area contributed by atoms with Crippen LogP contribution in [0.4, 0.5) is 4.39 Å². The van der Waals surface area contributed by atoms with Crippen LogP contribution < -0.4 is 5.32 Å². The molecule has 1 aromatic rings. The molecule has 21 heavy (non-hydrogen) atoms. The highest BCUT2D eigenvalue weighted by Crippen LogP contribution is 2.12. The number of rotatable bonds is 5. The summed E-state index contributed by atoms with van der Waals surface area (Å²) < 4.78 is 17.9. The van der Waals surface area contributed by atoms with Crippen molar-refractivity contribution in [3.63, 3.8) is 0 Å². The lowest BCUT2D eigenvalue weighted by atomic mass is 10.0. The molecule has 0 bridgehead atoms. The quantitative estimate of drug-likeness (QED) is 0.802. The minimum absolute atomic E-state index is 0.126. The molecule has 0 saturated carbocycles. The Morgan fingerprint density at radius 1 is 1.19 bits per heavy atom. The van der Waals surface area contributed by atoms with Crippen LogP contribution in [-0.4, -0.2) is 36.1 Å². The van der Waals surface area contributed by atoms with E-state index in [1.807, 2.05) is 0 Å². The molecule has 1 rings (SSSR count). The molecule has 1 amide bonds. The van der Waals surface area contributed by atoms with Crippen molar-refractivity contribution >= 4 is 17.8 Å². The maximum absolute atomic E-state index is 13.4. The van der Waals surface area contributed by atoms with Crippen molar-refractivity contribution in [2.45, 2.75) is 19.9 Å². The predicted octanol–water partition coefficient (Wildman–Crippen LogP) is 1.45. The van der Waals surface area contributed by atoms with Gasteiger partial charge in [0.15, 0.2) is 0 Å². The Morgan fingerprint density at radius 3 is 2.24 bits per heavy atom. The maximum Gasteiger partial charge on any atom is 0.337 e. The molecule has 0 radical (unpaired) electrons. The number of carbonyl (C=O) groups excluding carboxylic acids is 2. The Hall–Kier alpha value is -2.44. The summed E-state index contributed by atoms with van der Waals surface area (Å²) >= 11 is 0. The first-order chi connectivity index (χ1) is 9.76. The summed E-state index contributed by atoms with van der Waals surface area (Å²) in [6.45, 7) is 3.26. The third kappa shape index (κ3) is 4.27. The number of methoxy groups -OCH3 is 1. The van der Waals surface area contributed by atoms with Gasteiger partial charge >= 0.3 is 11.9 Å². The number of carbonyl (C=O) groups is 3. The smallest absolute Gasteiger partial charge is 0.337 e. The molecule has 6 nitrogen and oxygen atoms in total. The number of aliphatic carboxylic acids is 1. The molecule has 7 heteroatoms. The minimum atomic E-state index is -1.19. The van der Waals surface area contributed by atoms with Crippen molar-refractivity contribution in [2.24, 2.45) is 5.92 Å². The summed E-state index contributed by atoms with van der Waals surface area (Å²) in [5.41, 5.74) is -0.277. The zero-order valence-electron chi connectivity index (χ0n) is 11.8. The van der Waals surface area contributed by atoms with Crippen LogP contribution >= 0.6 is 0 Å². The van der Waals surface area contributed by atoms with Crippen LogP contribution in [0, 0.1) is 11.7 Å². The number of amides is 1. The van der Waals surface area contributed by atoms with Crippen molar-refractivity contribution in [1.29, 1.82) is 0 Å². The minimum Gasteiger partial charge on any atom is -0.480 e. The fourth-order valence-corrected chi connectivity index (χ4v) is 1.69. The maximum atomic E-state index is 13.4. The zero-order chi connectivity index (χ0) is 16.2. The number of carboxylic acid groups (broad SMARTS) is 1. The second kappa shape index (κ2) is 6.83. The van der Waals surface area contributed by atoms with Gasteiger partial charge in [0, 0.05) is 5.56 Å². The number of nitrogens with one attached hydrogen (secondary N) is 1. The summed E-state index contributed by atoms with van der Waals surface area (Å²) in [7, 11) is 1.13. The van der Waals surface area contributed by atoms with Crippen LogP contribution in [-0.2, 0) is 9.53 Å². The number of ether oxygens (including phenoxy) is 1. The van der Waals surface area contributed by atoms with Gasteiger partial charge < -0.3 is 15.2 Å². The Kier molecular flexibility index (Phi) is 5.40. The summed E-state index contributed by atoms with van der Waals surface area (Å²) in [4.78, 5) is 34.4. The van der Waals surface area contributed by atoms with Crippen LogP contribution in [0.15, 0.2) is 18.2 Å². The molecule has 0 unspecified atom stereocenters. The average molecular weight is 297 g/mol. The van der Waals surface area contributed by atoms with Crippen molar-refractivity contribution < 1.29 is 28.6 Å². The largest absolute Gasteiger partial charge is 0.480 e. The van der Waals surface area contributed by atoms with E-state index in [9.17, 15) is 18.8 Å². The number of benzene rings is 1. The molecule has 0 spiro atoms. The molecule has 2 N–H and O–H groups in total. The fraction of sp³-hybridized carbons (Fsp3) is 0.357. The second-order valence-corrected chi connectivity index (χ2v) is 4.75. The van der Waals surface area contributed by atoms with Gasteiger partial charge in [0.1, 0.15) is 11.9 Å².